The quantitative estimate of drug-likeness (QED) is 0.187. The van der Waals surface area contributed by atoms with Crippen LogP contribution in [0.5, 0.6) is 0 Å². The third-order valence-corrected chi connectivity index (χ3v) is 11.2. The molecule has 0 bridgehead atoms. The van der Waals surface area contributed by atoms with E-state index in [1.54, 1.807) is 0 Å². The molecule has 0 aliphatic rings. The van der Waals surface area contributed by atoms with Gasteiger partial charge in [0.15, 0.2) is 5.58 Å². The molecule has 238 valence electrons. The predicted octanol–water partition coefficient (Wildman–Crippen LogP) is 12.8. The first-order valence-corrected chi connectivity index (χ1v) is 17.9. The van der Waals surface area contributed by atoms with Crippen LogP contribution in [0.3, 0.4) is 0 Å². The van der Waals surface area contributed by atoms with Gasteiger partial charge < -0.3 is 4.42 Å². The van der Waals surface area contributed by atoms with Gasteiger partial charge in [-0.3, -0.25) is 4.57 Å². The van der Waals surface area contributed by atoms with Crippen LogP contribution in [-0.4, -0.2) is 14.5 Å². The first-order valence-electron chi connectivity index (χ1n) is 17.1. The van der Waals surface area contributed by atoms with E-state index in [4.69, 9.17) is 14.4 Å². The normalized spacial score (nSPS) is 11.9. The van der Waals surface area contributed by atoms with Crippen molar-refractivity contribution in [2.75, 3.05) is 0 Å². The summed E-state index contributed by atoms with van der Waals surface area (Å²) in [7, 11) is 0. The molecule has 11 aromatic rings. The van der Waals surface area contributed by atoms with E-state index in [2.05, 4.69) is 150 Å². The van der Waals surface area contributed by atoms with Crippen LogP contribution < -0.4 is 0 Å². The number of fused-ring (bicyclic) bond motifs is 10. The SMILES string of the molecule is c1ccc(-c2cc(-c3ccccc3)cc(-c3nc(-n4c5ccccc5c5c6sc7ccccc7c6ccc54)nc4c3oc3ccccc34)c2)cc1. The molecule has 0 aliphatic heterocycles. The molecule has 4 heterocycles. The third kappa shape index (κ3) is 4.32. The number of hydrogen-bond donors (Lipinski definition) is 0. The second-order valence-corrected chi connectivity index (χ2v) is 14.0. The van der Waals surface area contributed by atoms with Gasteiger partial charge in [-0.15, -0.1) is 11.3 Å². The van der Waals surface area contributed by atoms with Crippen molar-refractivity contribution in [1.29, 1.82) is 0 Å². The molecular weight excluding hydrogens is 643 g/mol. The first kappa shape index (κ1) is 28.3. The standard InChI is InChI=1S/C46H27N3OS/c1-3-13-28(14-4-1)30-25-31(29-15-5-2-6-16-29)27-32(26-30)42-44-43(36-19-8-11-21-39(36)50-44)48-46(47-42)49-37-20-10-7-18-35(37)41-38(49)24-23-34-33-17-9-12-22-40(33)51-45(34)41/h1-27H. The van der Waals surface area contributed by atoms with E-state index < -0.39 is 0 Å². The summed E-state index contributed by atoms with van der Waals surface area (Å²) in [6.45, 7) is 0. The van der Waals surface area contributed by atoms with Crippen LogP contribution in [0.2, 0.25) is 0 Å². The monoisotopic (exact) mass is 669 g/mol. The molecule has 4 nitrogen and oxygen atoms in total. The number of benzene rings is 7. The van der Waals surface area contributed by atoms with Gasteiger partial charge >= 0.3 is 0 Å². The summed E-state index contributed by atoms with van der Waals surface area (Å²) >= 11 is 1.85. The summed E-state index contributed by atoms with van der Waals surface area (Å²) in [5.74, 6) is 0.613. The average Bonchev–Trinajstić information content (AvgIpc) is 3.87. The molecule has 7 aromatic carbocycles. The van der Waals surface area contributed by atoms with Crippen LogP contribution in [-0.2, 0) is 0 Å². The Balaban J connectivity index is 1.25. The molecule has 0 radical (unpaired) electrons. The first-order chi connectivity index (χ1) is 25.3. The van der Waals surface area contributed by atoms with Crippen LogP contribution >= 0.6 is 11.3 Å². The average molecular weight is 670 g/mol. The summed E-state index contributed by atoms with van der Waals surface area (Å²) in [6, 6.07) is 57.7. The van der Waals surface area contributed by atoms with Crippen LogP contribution in [0.15, 0.2) is 168 Å². The van der Waals surface area contributed by atoms with Gasteiger partial charge in [-0.25, -0.2) is 9.97 Å². The van der Waals surface area contributed by atoms with Gasteiger partial charge in [-0.05, 0) is 70.8 Å². The molecule has 51 heavy (non-hydrogen) atoms. The fourth-order valence-corrected chi connectivity index (χ4v) is 8.94. The summed E-state index contributed by atoms with van der Waals surface area (Å²) in [6.07, 6.45) is 0. The van der Waals surface area contributed by atoms with Gasteiger partial charge in [0.05, 0.1) is 11.0 Å². The van der Waals surface area contributed by atoms with Crippen molar-refractivity contribution >= 4 is 75.4 Å². The highest BCUT2D eigenvalue weighted by Crippen LogP contribution is 2.44. The zero-order chi connectivity index (χ0) is 33.5. The number of nitrogens with zero attached hydrogens (tertiary/aromatic N) is 3. The zero-order valence-electron chi connectivity index (χ0n) is 27.2. The Bertz CT molecular complexity index is 3080. The van der Waals surface area contributed by atoms with Crippen LogP contribution in [0.25, 0.3) is 104 Å². The predicted molar refractivity (Wildman–Crippen MR) is 213 cm³/mol. The van der Waals surface area contributed by atoms with Gasteiger partial charge in [0.1, 0.15) is 16.8 Å². The number of hydrogen-bond acceptors (Lipinski definition) is 4. The van der Waals surface area contributed by atoms with Crippen molar-refractivity contribution in [1.82, 2.24) is 14.5 Å². The van der Waals surface area contributed by atoms with E-state index in [-0.39, 0.29) is 0 Å². The highest BCUT2D eigenvalue weighted by atomic mass is 32.1. The minimum atomic E-state index is 0.613. The molecule has 0 unspecified atom stereocenters. The summed E-state index contributed by atoms with van der Waals surface area (Å²) < 4.78 is 11.4. The fraction of sp³-hybridized carbons (Fsp3) is 0. The molecule has 5 heteroatoms. The van der Waals surface area contributed by atoms with Crippen LogP contribution in [0.1, 0.15) is 0 Å². The van der Waals surface area contributed by atoms with Gasteiger partial charge in [0.2, 0.25) is 5.95 Å². The summed E-state index contributed by atoms with van der Waals surface area (Å²) in [4.78, 5) is 10.8. The van der Waals surface area contributed by atoms with E-state index >= 15 is 0 Å². The van der Waals surface area contributed by atoms with Crippen molar-refractivity contribution in [3.05, 3.63) is 164 Å². The highest BCUT2D eigenvalue weighted by molar-refractivity contribution is 7.26. The summed E-state index contributed by atoms with van der Waals surface area (Å²) in [5.41, 5.74) is 10.6. The fourth-order valence-electron chi connectivity index (χ4n) is 7.68. The van der Waals surface area contributed by atoms with E-state index in [1.165, 1.54) is 30.9 Å². The van der Waals surface area contributed by atoms with Crippen molar-refractivity contribution in [2.45, 2.75) is 0 Å². The molecule has 4 aromatic heterocycles. The minimum absolute atomic E-state index is 0.613. The lowest BCUT2D eigenvalue weighted by Crippen LogP contribution is -2.03. The Morgan fingerprint density at radius 3 is 1.86 bits per heavy atom. The number of para-hydroxylation sites is 2. The molecule has 0 atom stereocenters. The Morgan fingerprint density at radius 2 is 1.10 bits per heavy atom. The smallest absolute Gasteiger partial charge is 0.236 e. The Morgan fingerprint density at radius 1 is 0.471 bits per heavy atom. The van der Waals surface area contributed by atoms with E-state index in [9.17, 15) is 0 Å². The Labute approximate surface area is 296 Å². The third-order valence-electron chi connectivity index (χ3n) is 10.0. The number of rotatable bonds is 4. The molecule has 0 amide bonds. The van der Waals surface area contributed by atoms with E-state index in [0.717, 1.165) is 61.0 Å². The van der Waals surface area contributed by atoms with Crippen molar-refractivity contribution in [2.24, 2.45) is 0 Å². The molecule has 0 saturated heterocycles. The lowest BCUT2D eigenvalue weighted by Gasteiger charge is -2.13. The second-order valence-electron chi connectivity index (χ2n) is 13.0. The van der Waals surface area contributed by atoms with Crippen molar-refractivity contribution in [3.63, 3.8) is 0 Å². The molecule has 11 rings (SSSR count). The maximum atomic E-state index is 6.64. The van der Waals surface area contributed by atoms with E-state index in [0.29, 0.717) is 11.5 Å². The number of furan rings is 1. The van der Waals surface area contributed by atoms with Crippen LogP contribution in [0, 0.1) is 0 Å². The van der Waals surface area contributed by atoms with Gasteiger partial charge in [-0.1, -0.05) is 115 Å². The topological polar surface area (TPSA) is 43.9 Å². The van der Waals surface area contributed by atoms with Crippen LogP contribution in [0.4, 0.5) is 0 Å². The van der Waals surface area contributed by atoms with E-state index in [1.807, 2.05) is 29.5 Å². The molecular formula is C46H27N3OS. The Kier molecular flexibility index (Phi) is 6.09. The second kappa shape index (κ2) is 11.0. The molecule has 0 N–H and O–H groups in total. The molecule has 0 saturated carbocycles. The minimum Gasteiger partial charge on any atom is -0.452 e. The zero-order valence-corrected chi connectivity index (χ0v) is 28.1. The lowest BCUT2D eigenvalue weighted by atomic mass is 9.95. The molecule has 0 spiro atoms. The Hall–Kier alpha value is -6.56. The highest BCUT2D eigenvalue weighted by Gasteiger charge is 2.23. The molecule has 0 fully saturated rings. The van der Waals surface area contributed by atoms with Gasteiger partial charge in [-0.2, -0.15) is 0 Å². The number of thiophene rings is 1. The van der Waals surface area contributed by atoms with Gasteiger partial charge in [0.25, 0.3) is 0 Å². The largest absolute Gasteiger partial charge is 0.452 e. The van der Waals surface area contributed by atoms with Crippen molar-refractivity contribution in [3.8, 4) is 39.5 Å². The van der Waals surface area contributed by atoms with Crippen molar-refractivity contribution < 1.29 is 4.42 Å². The molecule has 0 aliphatic carbocycles. The lowest BCUT2D eigenvalue weighted by molar-refractivity contribution is 0.666. The number of aromatic nitrogens is 3. The summed E-state index contributed by atoms with van der Waals surface area (Å²) in [5, 5.41) is 5.93. The maximum absolute atomic E-state index is 6.64. The van der Waals surface area contributed by atoms with Gasteiger partial charge in [0, 0.05) is 41.9 Å². The maximum Gasteiger partial charge on any atom is 0.236 e.